The summed E-state index contributed by atoms with van der Waals surface area (Å²) in [5, 5.41) is 2.67. The zero-order valence-electron chi connectivity index (χ0n) is 12.3. The maximum atomic E-state index is 12.8. The number of rotatable bonds is 6. The SMILES string of the molecule is C[C@@H](OC(=O)c1ccc(Cl)s1)C(=O)NCCc1ccc(F)cc1. The molecule has 1 aromatic heterocycles. The highest BCUT2D eigenvalue weighted by Crippen LogP contribution is 2.22. The normalized spacial score (nSPS) is 11.8. The van der Waals surface area contributed by atoms with Crippen LogP contribution in [-0.4, -0.2) is 24.5 Å². The van der Waals surface area contributed by atoms with Gasteiger partial charge in [-0.25, -0.2) is 9.18 Å². The van der Waals surface area contributed by atoms with Crippen molar-refractivity contribution < 1.29 is 18.7 Å². The summed E-state index contributed by atoms with van der Waals surface area (Å²) in [4.78, 5) is 24.1. The molecule has 122 valence electrons. The van der Waals surface area contributed by atoms with E-state index in [1.165, 1.54) is 19.1 Å². The minimum atomic E-state index is -0.906. The number of amides is 1. The van der Waals surface area contributed by atoms with E-state index < -0.39 is 12.1 Å². The third kappa shape index (κ3) is 5.33. The molecule has 7 heteroatoms. The van der Waals surface area contributed by atoms with Gasteiger partial charge in [-0.15, -0.1) is 11.3 Å². The van der Waals surface area contributed by atoms with Crippen molar-refractivity contribution in [3.05, 3.63) is 57.0 Å². The zero-order chi connectivity index (χ0) is 16.8. The lowest BCUT2D eigenvalue weighted by Crippen LogP contribution is -2.36. The molecule has 0 spiro atoms. The second kappa shape index (κ2) is 8.08. The van der Waals surface area contributed by atoms with Gasteiger partial charge in [0, 0.05) is 6.54 Å². The van der Waals surface area contributed by atoms with Crippen molar-refractivity contribution in [1.82, 2.24) is 5.32 Å². The average molecular weight is 356 g/mol. The number of carbonyl (C=O) groups excluding carboxylic acids is 2. The molecule has 0 aliphatic carbocycles. The number of hydrogen-bond donors (Lipinski definition) is 1. The molecule has 1 aromatic carbocycles. The molecule has 0 aliphatic heterocycles. The van der Waals surface area contributed by atoms with Gasteiger partial charge in [0.15, 0.2) is 6.10 Å². The molecular formula is C16H15ClFNO3S. The van der Waals surface area contributed by atoms with Crippen LogP contribution in [0, 0.1) is 5.82 Å². The number of hydrogen-bond acceptors (Lipinski definition) is 4. The lowest BCUT2D eigenvalue weighted by molar-refractivity contribution is -0.129. The van der Waals surface area contributed by atoms with E-state index >= 15 is 0 Å². The van der Waals surface area contributed by atoms with Crippen molar-refractivity contribution in [2.24, 2.45) is 0 Å². The van der Waals surface area contributed by atoms with E-state index in [0.717, 1.165) is 16.9 Å². The van der Waals surface area contributed by atoms with Crippen LogP contribution in [0.1, 0.15) is 22.2 Å². The number of esters is 1. The first kappa shape index (κ1) is 17.4. The van der Waals surface area contributed by atoms with Crippen LogP contribution in [0.3, 0.4) is 0 Å². The number of benzene rings is 1. The quantitative estimate of drug-likeness (QED) is 0.807. The first-order chi connectivity index (χ1) is 11.0. The predicted molar refractivity (Wildman–Crippen MR) is 87.3 cm³/mol. The summed E-state index contributed by atoms with van der Waals surface area (Å²) >= 11 is 6.84. The number of carbonyl (C=O) groups is 2. The van der Waals surface area contributed by atoms with Gasteiger partial charge in [-0.05, 0) is 43.2 Å². The van der Waals surface area contributed by atoms with Crippen LogP contribution in [0.25, 0.3) is 0 Å². The molecule has 0 saturated heterocycles. The number of thiophene rings is 1. The maximum absolute atomic E-state index is 12.8. The van der Waals surface area contributed by atoms with Gasteiger partial charge in [0.05, 0.1) is 4.34 Å². The summed E-state index contributed by atoms with van der Waals surface area (Å²) in [6.07, 6.45) is -0.343. The number of halogens is 2. The highest BCUT2D eigenvalue weighted by molar-refractivity contribution is 7.17. The minimum Gasteiger partial charge on any atom is -0.448 e. The van der Waals surface area contributed by atoms with Gasteiger partial charge in [0.1, 0.15) is 10.7 Å². The van der Waals surface area contributed by atoms with Gasteiger partial charge in [0.25, 0.3) is 5.91 Å². The molecule has 1 heterocycles. The lowest BCUT2D eigenvalue weighted by atomic mass is 10.1. The van der Waals surface area contributed by atoms with E-state index in [9.17, 15) is 14.0 Å². The van der Waals surface area contributed by atoms with Gasteiger partial charge in [0.2, 0.25) is 0 Å². The molecule has 4 nitrogen and oxygen atoms in total. The Balaban J connectivity index is 1.76. The molecule has 1 amide bonds. The summed E-state index contributed by atoms with van der Waals surface area (Å²) in [5.41, 5.74) is 0.907. The smallest absolute Gasteiger partial charge is 0.349 e. The van der Waals surface area contributed by atoms with Gasteiger partial charge in [-0.1, -0.05) is 23.7 Å². The van der Waals surface area contributed by atoms with Crippen molar-refractivity contribution in [3.63, 3.8) is 0 Å². The largest absolute Gasteiger partial charge is 0.448 e. The third-order valence-corrected chi connectivity index (χ3v) is 4.26. The fourth-order valence-electron chi connectivity index (χ4n) is 1.82. The molecule has 2 rings (SSSR count). The highest BCUT2D eigenvalue weighted by Gasteiger charge is 2.19. The van der Waals surface area contributed by atoms with Crippen molar-refractivity contribution in [1.29, 1.82) is 0 Å². The Morgan fingerprint density at radius 1 is 1.26 bits per heavy atom. The first-order valence-electron chi connectivity index (χ1n) is 6.94. The highest BCUT2D eigenvalue weighted by atomic mass is 35.5. The standard InChI is InChI=1S/C16H15ClFNO3S/c1-10(22-16(21)13-6-7-14(17)23-13)15(20)19-9-8-11-2-4-12(18)5-3-11/h2-7,10H,8-9H2,1H3,(H,19,20)/t10-/m1/s1. The van der Waals surface area contributed by atoms with Crippen molar-refractivity contribution in [3.8, 4) is 0 Å². The maximum Gasteiger partial charge on any atom is 0.349 e. The summed E-state index contributed by atoms with van der Waals surface area (Å²) in [6, 6.07) is 9.20. The van der Waals surface area contributed by atoms with E-state index in [1.54, 1.807) is 24.3 Å². The molecule has 0 fully saturated rings. The van der Waals surface area contributed by atoms with Crippen LogP contribution in [0.15, 0.2) is 36.4 Å². The second-order valence-electron chi connectivity index (χ2n) is 4.82. The Kier molecular flexibility index (Phi) is 6.12. The van der Waals surface area contributed by atoms with E-state index in [2.05, 4.69) is 5.32 Å². The Morgan fingerprint density at radius 2 is 1.96 bits per heavy atom. The Hall–Kier alpha value is -1.92. The van der Waals surface area contributed by atoms with Crippen molar-refractivity contribution >= 4 is 34.8 Å². The lowest BCUT2D eigenvalue weighted by Gasteiger charge is -2.13. The van der Waals surface area contributed by atoms with Crippen molar-refractivity contribution in [2.45, 2.75) is 19.4 Å². The topological polar surface area (TPSA) is 55.4 Å². The summed E-state index contributed by atoms with van der Waals surface area (Å²) in [5.74, 6) is -1.27. The predicted octanol–water partition coefficient (Wildman–Crippen LogP) is 3.44. The molecule has 23 heavy (non-hydrogen) atoms. The molecule has 0 bridgehead atoms. The molecule has 1 N–H and O–H groups in total. The molecule has 0 saturated carbocycles. The molecule has 0 aliphatic rings. The van der Waals surface area contributed by atoms with Gasteiger partial charge in [-0.2, -0.15) is 0 Å². The summed E-state index contributed by atoms with van der Waals surface area (Å²) in [7, 11) is 0. The fraction of sp³-hybridized carbons (Fsp3) is 0.250. The average Bonchev–Trinajstić information content (AvgIpc) is 2.95. The monoisotopic (exact) mass is 355 g/mol. The van der Waals surface area contributed by atoms with Crippen LogP contribution in [0.2, 0.25) is 4.34 Å². The summed E-state index contributed by atoms with van der Waals surface area (Å²) in [6.45, 7) is 1.87. The Labute approximate surface area is 142 Å². The van der Waals surface area contributed by atoms with Gasteiger partial charge >= 0.3 is 5.97 Å². The minimum absolute atomic E-state index is 0.299. The Morgan fingerprint density at radius 3 is 2.57 bits per heavy atom. The van der Waals surface area contributed by atoms with Crippen LogP contribution in [0.5, 0.6) is 0 Å². The molecule has 0 unspecified atom stereocenters. The van der Waals surface area contributed by atoms with Crippen LogP contribution in [0.4, 0.5) is 4.39 Å². The van der Waals surface area contributed by atoms with Gasteiger partial charge in [-0.3, -0.25) is 4.79 Å². The fourth-order valence-corrected chi connectivity index (χ4v) is 2.75. The van der Waals surface area contributed by atoms with E-state index in [1.807, 2.05) is 0 Å². The van der Waals surface area contributed by atoms with Crippen molar-refractivity contribution in [2.75, 3.05) is 6.54 Å². The molecule has 0 radical (unpaired) electrons. The number of ether oxygens (including phenoxy) is 1. The van der Waals surface area contributed by atoms with Crippen LogP contribution >= 0.6 is 22.9 Å². The molecular weight excluding hydrogens is 341 g/mol. The molecule has 2 aromatic rings. The second-order valence-corrected chi connectivity index (χ2v) is 6.53. The number of nitrogens with one attached hydrogen (secondary N) is 1. The Bertz CT molecular complexity index is 687. The van der Waals surface area contributed by atoms with E-state index in [4.69, 9.17) is 16.3 Å². The first-order valence-corrected chi connectivity index (χ1v) is 8.13. The molecule has 1 atom stereocenters. The van der Waals surface area contributed by atoms with Gasteiger partial charge < -0.3 is 10.1 Å². The summed E-state index contributed by atoms with van der Waals surface area (Å²) < 4.78 is 18.3. The zero-order valence-corrected chi connectivity index (χ0v) is 13.9. The third-order valence-electron chi connectivity index (χ3n) is 3.05. The van der Waals surface area contributed by atoms with Crippen LogP contribution in [-0.2, 0) is 16.0 Å². The van der Waals surface area contributed by atoms with Crippen LogP contribution < -0.4 is 5.32 Å². The van der Waals surface area contributed by atoms with E-state index in [-0.39, 0.29) is 11.7 Å². The van der Waals surface area contributed by atoms with E-state index in [0.29, 0.717) is 22.2 Å².